The summed E-state index contributed by atoms with van der Waals surface area (Å²) >= 11 is 0. The number of alkyl halides is 6. The monoisotopic (exact) mass is 505 g/mol. The van der Waals surface area contributed by atoms with E-state index in [9.17, 15) is 44.8 Å². The molecule has 0 unspecified atom stereocenters. The molecule has 2 aromatic carbocycles. The maximum atomic E-state index is 13.2. The predicted molar refractivity (Wildman–Crippen MR) is 103 cm³/mol. The Morgan fingerprint density at radius 2 is 1.62 bits per heavy atom. The Balaban J connectivity index is 2.23. The molecule has 0 saturated carbocycles. The smallest absolute Gasteiger partial charge is 0.489 e. The molecule has 1 N–H and O–H groups in total. The highest BCUT2D eigenvalue weighted by Crippen LogP contribution is 2.37. The fourth-order valence-corrected chi connectivity index (χ4v) is 3.27. The molecule has 180 valence electrons. The van der Waals surface area contributed by atoms with E-state index in [4.69, 9.17) is 10.00 Å². The van der Waals surface area contributed by atoms with Crippen LogP contribution in [0.5, 0.6) is 5.75 Å². The first kappa shape index (κ1) is 26.5. The lowest BCUT2D eigenvalue weighted by atomic mass is 10.0. The normalized spacial score (nSPS) is 13.8. The zero-order valence-corrected chi connectivity index (χ0v) is 17.8. The third-order valence-corrected chi connectivity index (χ3v) is 5.80. The van der Waals surface area contributed by atoms with Crippen LogP contribution in [0.4, 0.5) is 26.3 Å². The fraction of sp³-hybridized carbons (Fsp3) is 0.250. The molecule has 0 radical (unpaired) electrons. The Labute approximate surface area is 189 Å². The minimum absolute atomic E-state index is 0.153. The van der Waals surface area contributed by atoms with Crippen molar-refractivity contribution in [3.63, 3.8) is 0 Å². The summed E-state index contributed by atoms with van der Waals surface area (Å²) in [6, 6.07) is 8.25. The van der Waals surface area contributed by atoms with Gasteiger partial charge in [0.25, 0.3) is 15.7 Å². The van der Waals surface area contributed by atoms with Crippen molar-refractivity contribution < 1.29 is 44.3 Å². The van der Waals surface area contributed by atoms with E-state index >= 15 is 0 Å². The Kier molecular flexibility index (Phi) is 7.18. The van der Waals surface area contributed by atoms with E-state index in [2.05, 4.69) is 5.32 Å². The lowest BCUT2D eigenvalue weighted by Crippen LogP contribution is -2.49. The summed E-state index contributed by atoms with van der Waals surface area (Å²) in [6.45, 7) is 0.308. The topological polar surface area (TPSA) is 120 Å². The summed E-state index contributed by atoms with van der Waals surface area (Å²) in [6.07, 6.45) is -4.84. The second-order valence-electron chi connectivity index (χ2n) is 6.98. The van der Waals surface area contributed by atoms with Crippen LogP contribution >= 0.6 is 0 Å². The number of hydrogen-bond donors (Lipinski definition) is 1. The lowest BCUT2D eigenvalue weighted by Gasteiger charge is -2.24. The number of halogens is 6. The number of sulfone groups is 1. The third-order valence-electron chi connectivity index (χ3n) is 4.30. The number of ether oxygens (including phenoxy) is 1. The van der Waals surface area contributed by atoms with Crippen LogP contribution in [0.25, 0.3) is 0 Å². The molecular formula is C20H13F6N3O4S. The number of amides is 1. The molecule has 7 nitrogen and oxygen atoms in total. The van der Waals surface area contributed by atoms with Crippen molar-refractivity contribution in [2.75, 3.05) is 6.61 Å². The average molecular weight is 505 g/mol. The number of nitriles is 2. The molecule has 0 aliphatic rings. The van der Waals surface area contributed by atoms with E-state index in [0.29, 0.717) is 18.2 Å². The second-order valence-corrected chi connectivity index (χ2v) is 8.92. The van der Waals surface area contributed by atoms with Gasteiger partial charge in [0.1, 0.15) is 12.4 Å². The van der Waals surface area contributed by atoms with Crippen molar-refractivity contribution in [3.05, 3.63) is 59.2 Å². The van der Waals surface area contributed by atoms with Crippen molar-refractivity contribution in [2.24, 2.45) is 0 Å². The fourth-order valence-electron chi connectivity index (χ4n) is 2.51. The van der Waals surface area contributed by atoms with E-state index in [1.165, 1.54) is 0 Å². The van der Waals surface area contributed by atoms with Crippen molar-refractivity contribution in [2.45, 2.75) is 29.0 Å². The Hall–Kier alpha value is -3.78. The van der Waals surface area contributed by atoms with Crippen molar-refractivity contribution in [1.82, 2.24) is 5.32 Å². The molecule has 34 heavy (non-hydrogen) atoms. The minimum Gasteiger partial charge on any atom is -0.489 e. The molecule has 2 rings (SSSR count). The molecule has 0 heterocycles. The summed E-state index contributed by atoms with van der Waals surface area (Å²) < 4.78 is 105. The summed E-state index contributed by atoms with van der Waals surface area (Å²) in [4.78, 5) is 11.3. The van der Waals surface area contributed by atoms with Crippen LogP contribution in [0.1, 0.15) is 28.4 Å². The van der Waals surface area contributed by atoms with Crippen LogP contribution in [0.3, 0.4) is 0 Å². The molecule has 0 bridgehead atoms. The molecule has 1 atom stereocenters. The highest BCUT2D eigenvalue weighted by Gasteiger charge is 2.46. The van der Waals surface area contributed by atoms with Crippen molar-refractivity contribution in [1.29, 1.82) is 10.5 Å². The first-order chi connectivity index (χ1) is 15.5. The summed E-state index contributed by atoms with van der Waals surface area (Å²) in [5.41, 5.74) is -9.17. The van der Waals surface area contributed by atoms with Crippen LogP contribution in [-0.4, -0.2) is 32.0 Å². The predicted octanol–water partition coefficient (Wildman–Crippen LogP) is 3.96. The van der Waals surface area contributed by atoms with E-state index < -0.39 is 55.8 Å². The maximum absolute atomic E-state index is 13.2. The molecule has 0 saturated heterocycles. The number of benzene rings is 2. The maximum Gasteiger partial charge on any atom is 0.501 e. The third kappa shape index (κ3) is 5.77. The number of nitrogens with one attached hydrogen (secondary N) is 1. The van der Waals surface area contributed by atoms with Gasteiger partial charge in [-0.2, -0.15) is 36.9 Å². The Bertz CT molecular complexity index is 1280. The SMILES string of the molecule is C[C@](C#N)(COc1cc(C#N)ccc1C(F)(F)F)NC(=O)c1ccc(S(=O)(=O)C(F)(F)F)cc1. The first-order valence-corrected chi connectivity index (χ1v) is 10.4. The van der Waals surface area contributed by atoms with Crippen LogP contribution in [0.2, 0.25) is 0 Å². The standard InChI is InChI=1S/C20H13F6N3O4S/c1-18(10-28,11-33-16-8-12(9-27)2-7-15(16)19(21,22)23)29-17(30)13-3-5-14(6-4-13)34(31,32)20(24,25)26/h2-8H,11H2,1H3,(H,29,30)/t18-/m0/s1. The largest absolute Gasteiger partial charge is 0.501 e. The molecule has 0 aliphatic carbocycles. The van der Waals surface area contributed by atoms with Crippen molar-refractivity contribution in [3.8, 4) is 17.9 Å². The number of nitrogens with zero attached hydrogens (tertiary/aromatic N) is 2. The first-order valence-electron chi connectivity index (χ1n) is 8.93. The van der Waals surface area contributed by atoms with E-state index in [1.807, 2.05) is 0 Å². The van der Waals surface area contributed by atoms with Gasteiger partial charge in [-0.15, -0.1) is 0 Å². The zero-order valence-electron chi connectivity index (χ0n) is 17.0. The van der Waals surface area contributed by atoms with E-state index in [-0.39, 0.29) is 11.1 Å². The molecule has 0 fully saturated rings. The number of carbonyl (C=O) groups excluding carboxylic acids is 1. The Morgan fingerprint density at radius 3 is 2.09 bits per heavy atom. The van der Waals surface area contributed by atoms with Crippen molar-refractivity contribution >= 4 is 15.7 Å². The minimum atomic E-state index is -5.64. The Morgan fingerprint density at radius 1 is 1.03 bits per heavy atom. The van der Waals surface area contributed by atoms with Gasteiger partial charge in [-0.25, -0.2) is 8.42 Å². The average Bonchev–Trinajstić information content (AvgIpc) is 2.76. The van der Waals surface area contributed by atoms with Gasteiger partial charge in [-0.1, -0.05) is 0 Å². The van der Waals surface area contributed by atoms with Gasteiger partial charge in [0.05, 0.1) is 28.2 Å². The summed E-state index contributed by atoms with van der Waals surface area (Å²) in [5.74, 6) is -1.80. The zero-order chi connectivity index (χ0) is 25.9. The molecule has 0 spiro atoms. The lowest BCUT2D eigenvalue weighted by molar-refractivity contribution is -0.139. The van der Waals surface area contributed by atoms with Gasteiger partial charge in [0.2, 0.25) is 0 Å². The molecule has 14 heteroatoms. The van der Waals surface area contributed by atoms with Gasteiger partial charge < -0.3 is 10.1 Å². The highest BCUT2D eigenvalue weighted by molar-refractivity contribution is 7.92. The van der Waals surface area contributed by atoms with Gasteiger partial charge in [-0.05, 0) is 49.4 Å². The van der Waals surface area contributed by atoms with E-state index in [0.717, 1.165) is 31.2 Å². The highest BCUT2D eigenvalue weighted by atomic mass is 32.2. The van der Waals surface area contributed by atoms with Gasteiger partial charge in [0.15, 0.2) is 5.54 Å². The molecule has 1 amide bonds. The number of rotatable bonds is 6. The molecular weight excluding hydrogens is 492 g/mol. The quantitative estimate of drug-likeness (QED) is 0.594. The number of hydrogen-bond acceptors (Lipinski definition) is 6. The summed E-state index contributed by atoms with van der Waals surface area (Å²) in [7, 11) is -5.64. The van der Waals surface area contributed by atoms with Crippen LogP contribution < -0.4 is 10.1 Å². The molecule has 0 aromatic heterocycles. The van der Waals surface area contributed by atoms with Gasteiger partial charge >= 0.3 is 11.7 Å². The molecule has 2 aromatic rings. The van der Waals surface area contributed by atoms with Crippen LogP contribution in [0, 0.1) is 22.7 Å². The molecule has 0 aliphatic heterocycles. The van der Waals surface area contributed by atoms with Gasteiger partial charge in [0, 0.05) is 5.56 Å². The number of carbonyl (C=O) groups is 1. The van der Waals surface area contributed by atoms with Crippen LogP contribution in [0.15, 0.2) is 47.4 Å². The summed E-state index contributed by atoms with van der Waals surface area (Å²) in [5, 5.41) is 20.5. The van der Waals surface area contributed by atoms with Crippen LogP contribution in [-0.2, 0) is 16.0 Å². The second kappa shape index (κ2) is 9.23. The van der Waals surface area contributed by atoms with Gasteiger partial charge in [-0.3, -0.25) is 4.79 Å². The van der Waals surface area contributed by atoms with E-state index in [1.54, 1.807) is 12.1 Å².